The van der Waals surface area contributed by atoms with Crippen molar-refractivity contribution in [2.75, 3.05) is 0 Å². The van der Waals surface area contributed by atoms with Crippen LogP contribution in [0.15, 0.2) is 42.5 Å². The Balaban J connectivity index is 2.25. The molecule has 0 aromatic heterocycles. The van der Waals surface area contributed by atoms with Crippen molar-refractivity contribution in [3.8, 4) is 0 Å². The van der Waals surface area contributed by atoms with E-state index < -0.39 is 5.41 Å². The number of ketones is 2. The van der Waals surface area contributed by atoms with E-state index in [1.165, 1.54) is 0 Å². The van der Waals surface area contributed by atoms with Crippen LogP contribution in [0.4, 0.5) is 0 Å². The molecule has 0 aliphatic heterocycles. The van der Waals surface area contributed by atoms with Gasteiger partial charge in [0.2, 0.25) is 0 Å². The molecule has 0 heterocycles. The van der Waals surface area contributed by atoms with Gasteiger partial charge in [-0.1, -0.05) is 42.0 Å². The summed E-state index contributed by atoms with van der Waals surface area (Å²) in [5.74, 6) is -0.248. The zero-order chi connectivity index (χ0) is 17.6. The van der Waals surface area contributed by atoms with Gasteiger partial charge in [-0.05, 0) is 68.5 Å². The van der Waals surface area contributed by atoms with Crippen LogP contribution in [-0.4, -0.2) is 11.6 Å². The van der Waals surface area contributed by atoms with Crippen LogP contribution >= 0.6 is 0 Å². The van der Waals surface area contributed by atoms with Gasteiger partial charge in [-0.25, -0.2) is 0 Å². The molecule has 0 saturated carbocycles. The van der Waals surface area contributed by atoms with Gasteiger partial charge >= 0.3 is 0 Å². The number of fused-ring (bicyclic) bond motifs is 1. The van der Waals surface area contributed by atoms with Gasteiger partial charge in [-0.15, -0.1) is 0 Å². The molecule has 0 radical (unpaired) electrons. The molecule has 1 unspecified atom stereocenters. The largest absolute Gasteiger partial charge is 0.293 e. The van der Waals surface area contributed by atoms with E-state index in [0.717, 1.165) is 33.4 Å². The van der Waals surface area contributed by atoms with Crippen molar-refractivity contribution in [3.05, 3.63) is 75.9 Å². The smallest absolute Gasteiger partial charge is 0.181 e. The lowest BCUT2D eigenvalue weighted by Gasteiger charge is -2.33. The Morgan fingerprint density at radius 1 is 0.958 bits per heavy atom. The highest BCUT2D eigenvalue weighted by Gasteiger charge is 2.46. The SMILES string of the molecule is CC1=CC(=O)C(C)(C(=O)c2c(C)cc(C)cc2C)c2ccccc21. The predicted molar refractivity (Wildman–Crippen MR) is 97.4 cm³/mol. The second-order valence-corrected chi connectivity index (χ2v) is 6.97. The molecule has 122 valence electrons. The lowest BCUT2D eigenvalue weighted by atomic mass is 9.66. The topological polar surface area (TPSA) is 34.1 Å². The molecule has 0 N–H and O–H groups in total. The Kier molecular flexibility index (Phi) is 3.79. The van der Waals surface area contributed by atoms with E-state index in [9.17, 15) is 9.59 Å². The maximum Gasteiger partial charge on any atom is 0.181 e. The number of allylic oxidation sites excluding steroid dienone is 2. The molecule has 3 rings (SSSR count). The average molecular weight is 318 g/mol. The molecule has 1 aliphatic carbocycles. The van der Waals surface area contributed by atoms with Gasteiger partial charge in [0, 0.05) is 5.56 Å². The number of Topliss-reactive ketones (excluding diaryl/α,β-unsaturated/α-hetero) is 1. The highest BCUT2D eigenvalue weighted by molar-refractivity contribution is 6.25. The lowest BCUT2D eigenvalue weighted by molar-refractivity contribution is -0.117. The minimum Gasteiger partial charge on any atom is -0.293 e. The van der Waals surface area contributed by atoms with Gasteiger partial charge < -0.3 is 0 Å². The molecule has 0 bridgehead atoms. The molecule has 2 aromatic rings. The first-order chi connectivity index (χ1) is 11.3. The normalized spacial score (nSPS) is 19.7. The predicted octanol–water partition coefficient (Wildman–Crippen LogP) is 4.74. The van der Waals surface area contributed by atoms with E-state index in [0.29, 0.717) is 5.56 Å². The third-order valence-electron chi connectivity index (χ3n) is 5.09. The summed E-state index contributed by atoms with van der Waals surface area (Å²) < 4.78 is 0. The number of rotatable bonds is 2. The minimum absolute atomic E-state index is 0.112. The molecule has 1 atom stereocenters. The van der Waals surface area contributed by atoms with Crippen molar-refractivity contribution in [3.63, 3.8) is 0 Å². The zero-order valence-corrected chi connectivity index (χ0v) is 14.9. The van der Waals surface area contributed by atoms with Crippen LogP contribution in [0.1, 0.15) is 52.0 Å². The van der Waals surface area contributed by atoms with Gasteiger partial charge in [0.25, 0.3) is 0 Å². The second-order valence-electron chi connectivity index (χ2n) is 6.97. The third-order valence-corrected chi connectivity index (χ3v) is 5.09. The molecule has 0 fully saturated rings. The standard InChI is InChI=1S/C22H22O2/c1-13-10-15(3)20(16(4)11-13)21(24)22(5)18-9-7-6-8-17(18)14(2)12-19(22)23/h6-12H,1-5H3. The summed E-state index contributed by atoms with van der Waals surface area (Å²) in [6.45, 7) is 9.58. The Labute approximate surface area is 143 Å². The van der Waals surface area contributed by atoms with Gasteiger partial charge in [-0.3, -0.25) is 9.59 Å². The van der Waals surface area contributed by atoms with Crippen LogP contribution in [0.25, 0.3) is 5.57 Å². The van der Waals surface area contributed by atoms with Crippen LogP contribution in [0, 0.1) is 20.8 Å². The van der Waals surface area contributed by atoms with Crippen molar-refractivity contribution < 1.29 is 9.59 Å². The third kappa shape index (κ3) is 2.25. The van der Waals surface area contributed by atoms with E-state index >= 15 is 0 Å². The Bertz CT molecular complexity index is 879. The van der Waals surface area contributed by atoms with Gasteiger partial charge in [-0.2, -0.15) is 0 Å². The number of hydrogen-bond donors (Lipinski definition) is 0. The fourth-order valence-corrected chi connectivity index (χ4v) is 3.84. The summed E-state index contributed by atoms with van der Waals surface area (Å²) in [5.41, 5.74) is 5.18. The van der Waals surface area contributed by atoms with Gasteiger partial charge in [0.1, 0.15) is 5.41 Å². The molecule has 2 heteroatoms. The molecule has 0 amide bonds. The number of carbonyl (C=O) groups excluding carboxylic acids is 2. The summed E-state index contributed by atoms with van der Waals surface area (Å²) in [4.78, 5) is 26.4. The zero-order valence-electron chi connectivity index (χ0n) is 14.9. The number of benzene rings is 2. The molecule has 2 aromatic carbocycles. The minimum atomic E-state index is -1.17. The second kappa shape index (κ2) is 5.55. The molecular weight excluding hydrogens is 296 g/mol. The summed E-state index contributed by atoms with van der Waals surface area (Å²) in [5, 5.41) is 0. The van der Waals surface area contributed by atoms with Crippen molar-refractivity contribution in [2.45, 2.75) is 40.0 Å². The quantitative estimate of drug-likeness (QED) is 0.592. The average Bonchev–Trinajstić information content (AvgIpc) is 2.51. The molecule has 0 spiro atoms. The summed E-state index contributed by atoms with van der Waals surface area (Å²) >= 11 is 0. The molecule has 1 aliphatic rings. The highest BCUT2D eigenvalue weighted by atomic mass is 16.2. The highest BCUT2D eigenvalue weighted by Crippen LogP contribution is 2.40. The first-order valence-corrected chi connectivity index (χ1v) is 8.22. The number of aryl methyl sites for hydroxylation is 3. The maximum absolute atomic E-state index is 13.5. The lowest BCUT2D eigenvalue weighted by Crippen LogP contribution is -2.43. The van der Waals surface area contributed by atoms with Crippen molar-refractivity contribution >= 4 is 17.1 Å². The van der Waals surface area contributed by atoms with Crippen LogP contribution in [0.2, 0.25) is 0 Å². The van der Waals surface area contributed by atoms with E-state index in [-0.39, 0.29) is 11.6 Å². The first kappa shape index (κ1) is 16.4. The van der Waals surface area contributed by atoms with E-state index in [1.54, 1.807) is 13.0 Å². The monoisotopic (exact) mass is 318 g/mol. The molecule has 24 heavy (non-hydrogen) atoms. The van der Waals surface area contributed by atoms with Crippen LogP contribution in [0.3, 0.4) is 0 Å². The van der Waals surface area contributed by atoms with Crippen molar-refractivity contribution in [2.24, 2.45) is 0 Å². The number of carbonyl (C=O) groups is 2. The van der Waals surface area contributed by atoms with Crippen molar-refractivity contribution in [1.82, 2.24) is 0 Å². The Morgan fingerprint density at radius 2 is 1.54 bits per heavy atom. The summed E-state index contributed by atoms with van der Waals surface area (Å²) in [6.07, 6.45) is 1.61. The maximum atomic E-state index is 13.5. The van der Waals surface area contributed by atoms with Gasteiger partial charge in [0.05, 0.1) is 0 Å². The van der Waals surface area contributed by atoms with Crippen LogP contribution < -0.4 is 0 Å². The Morgan fingerprint density at radius 3 is 2.17 bits per heavy atom. The summed E-state index contributed by atoms with van der Waals surface area (Å²) in [7, 11) is 0. The molecule has 0 saturated heterocycles. The molecule has 2 nitrogen and oxygen atoms in total. The van der Waals surface area contributed by atoms with E-state index in [2.05, 4.69) is 0 Å². The Hall–Kier alpha value is -2.48. The summed E-state index contributed by atoms with van der Waals surface area (Å²) in [6, 6.07) is 11.7. The fourth-order valence-electron chi connectivity index (χ4n) is 3.84. The number of hydrogen-bond acceptors (Lipinski definition) is 2. The fraction of sp³-hybridized carbons (Fsp3) is 0.273. The van der Waals surface area contributed by atoms with Crippen LogP contribution in [0.5, 0.6) is 0 Å². The first-order valence-electron chi connectivity index (χ1n) is 8.22. The van der Waals surface area contributed by atoms with E-state index in [4.69, 9.17) is 0 Å². The van der Waals surface area contributed by atoms with Crippen molar-refractivity contribution in [1.29, 1.82) is 0 Å². The van der Waals surface area contributed by atoms with Gasteiger partial charge in [0.15, 0.2) is 11.6 Å². The van der Waals surface area contributed by atoms with E-state index in [1.807, 2.05) is 64.1 Å². The van der Waals surface area contributed by atoms with Crippen LogP contribution in [-0.2, 0) is 10.2 Å². The molecular formula is C22H22O2.